The Morgan fingerprint density at radius 2 is 1.92 bits per heavy atom. The van der Waals surface area contributed by atoms with Crippen LogP contribution in [0.3, 0.4) is 0 Å². The molecule has 1 aliphatic carbocycles. The van der Waals surface area contributed by atoms with Gasteiger partial charge in [-0.3, -0.25) is 4.79 Å². The summed E-state index contributed by atoms with van der Waals surface area (Å²) >= 11 is 1.55. The van der Waals surface area contributed by atoms with Crippen molar-refractivity contribution >= 4 is 23.4 Å². The predicted molar refractivity (Wildman–Crippen MR) is 109 cm³/mol. The maximum absolute atomic E-state index is 12.4. The Morgan fingerprint density at radius 3 is 2.62 bits per heavy atom. The lowest BCUT2D eigenvalue weighted by atomic mass is 9.95. The van der Waals surface area contributed by atoms with Crippen LogP contribution in [0.25, 0.3) is 0 Å². The average molecular weight is 372 g/mol. The Hall–Kier alpha value is -1.75. The van der Waals surface area contributed by atoms with Gasteiger partial charge in [-0.05, 0) is 52.2 Å². The number of carbonyl (C=O) groups is 1. The normalized spacial score (nSPS) is 15.2. The number of anilines is 1. The molecule has 0 radical (unpaired) electrons. The van der Waals surface area contributed by atoms with Gasteiger partial charge in [-0.2, -0.15) is 0 Å². The maximum atomic E-state index is 12.4. The van der Waals surface area contributed by atoms with E-state index in [-0.39, 0.29) is 5.91 Å². The summed E-state index contributed by atoms with van der Waals surface area (Å²) in [4.78, 5) is 17.2. The quantitative estimate of drug-likeness (QED) is 0.720. The molecule has 0 atom stereocenters. The molecule has 0 spiro atoms. The molecular weight excluding hydrogens is 342 g/mol. The van der Waals surface area contributed by atoms with Crippen molar-refractivity contribution in [3.05, 3.63) is 40.7 Å². The van der Waals surface area contributed by atoms with Gasteiger partial charge in [0.25, 0.3) is 0 Å². The molecule has 0 bridgehead atoms. The third kappa shape index (κ3) is 4.32. The lowest BCUT2D eigenvalue weighted by molar-refractivity contribution is -0.113. The number of imidazole rings is 1. The smallest absolute Gasteiger partial charge is 0.234 e. The molecule has 2 aromatic rings. The molecule has 4 nitrogen and oxygen atoms in total. The second kappa shape index (κ2) is 8.30. The van der Waals surface area contributed by atoms with Crippen molar-refractivity contribution in [2.24, 2.45) is 0 Å². The first-order valence-corrected chi connectivity index (χ1v) is 10.5. The van der Waals surface area contributed by atoms with Gasteiger partial charge in [-0.1, -0.05) is 48.7 Å². The largest absolute Gasteiger partial charge is 0.325 e. The Balaban J connectivity index is 1.67. The number of benzene rings is 1. The molecule has 1 aliphatic rings. The zero-order valence-electron chi connectivity index (χ0n) is 16.3. The highest BCUT2D eigenvalue weighted by atomic mass is 32.2. The van der Waals surface area contributed by atoms with Gasteiger partial charge < -0.3 is 9.88 Å². The number of carbonyl (C=O) groups excluding carboxylic acids is 1. The second-order valence-corrected chi connectivity index (χ2v) is 8.32. The number of nitrogens with zero attached hydrogens (tertiary/aromatic N) is 2. The third-order valence-corrected chi connectivity index (χ3v) is 6.24. The standard InChI is InChI=1S/C21H29N3OS/c1-14-10-11-19(15(2)12-14)23-20(25)13-26-21-22-16(3)17(4)24(21)18-8-6-5-7-9-18/h10-12,18H,5-9,13H2,1-4H3,(H,23,25). The van der Waals surface area contributed by atoms with E-state index in [9.17, 15) is 4.79 Å². The minimum atomic E-state index is 0.0236. The minimum Gasteiger partial charge on any atom is -0.325 e. The monoisotopic (exact) mass is 371 g/mol. The molecule has 26 heavy (non-hydrogen) atoms. The van der Waals surface area contributed by atoms with Gasteiger partial charge in [-0.25, -0.2) is 4.98 Å². The number of hydrogen-bond acceptors (Lipinski definition) is 3. The molecule has 3 rings (SSSR count). The van der Waals surface area contributed by atoms with E-state index in [2.05, 4.69) is 36.7 Å². The fraction of sp³-hybridized carbons (Fsp3) is 0.524. The number of aryl methyl sites for hydroxylation is 3. The fourth-order valence-corrected chi connectivity index (χ4v) is 4.70. The van der Waals surface area contributed by atoms with E-state index in [4.69, 9.17) is 4.98 Å². The van der Waals surface area contributed by atoms with Crippen LogP contribution in [-0.4, -0.2) is 21.2 Å². The summed E-state index contributed by atoms with van der Waals surface area (Å²) in [6.07, 6.45) is 6.36. The van der Waals surface area contributed by atoms with Crippen LogP contribution in [0.2, 0.25) is 0 Å². The van der Waals surface area contributed by atoms with E-state index in [1.807, 2.05) is 19.1 Å². The Morgan fingerprint density at radius 1 is 1.19 bits per heavy atom. The summed E-state index contributed by atoms with van der Waals surface area (Å²) in [5, 5.41) is 4.02. The first kappa shape index (κ1) is 19.0. The highest BCUT2D eigenvalue weighted by Gasteiger charge is 2.22. The molecule has 5 heteroatoms. The number of rotatable bonds is 5. The Labute approximate surface area is 160 Å². The van der Waals surface area contributed by atoms with Crippen molar-refractivity contribution < 1.29 is 4.79 Å². The van der Waals surface area contributed by atoms with Crippen LogP contribution >= 0.6 is 11.8 Å². The molecule has 0 saturated heterocycles. The predicted octanol–water partition coefficient (Wildman–Crippen LogP) is 5.35. The van der Waals surface area contributed by atoms with Crippen LogP contribution in [0.4, 0.5) is 5.69 Å². The van der Waals surface area contributed by atoms with Gasteiger partial charge in [0.2, 0.25) is 5.91 Å². The van der Waals surface area contributed by atoms with Crippen molar-refractivity contribution in [2.75, 3.05) is 11.1 Å². The Bertz CT molecular complexity index is 791. The molecule has 1 aromatic carbocycles. The molecule has 1 amide bonds. The number of nitrogens with one attached hydrogen (secondary N) is 1. The second-order valence-electron chi connectivity index (χ2n) is 7.38. The first-order valence-electron chi connectivity index (χ1n) is 9.51. The minimum absolute atomic E-state index is 0.0236. The van der Waals surface area contributed by atoms with Crippen molar-refractivity contribution in [1.82, 2.24) is 9.55 Å². The summed E-state index contributed by atoms with van der Waals surface area (Å²) in [5.41, 5.74) is 5.51. The van der Waals surface area contributed by atoms with E-state index in [0.29, 0.717) is 11.8 Å². The van der Waals surface area contributed by atoms with Gasteiger partial charge in [0, 0.05) is 17.4 Å². The van der Waals surface area contributed by atoms with E-state index >= 15 is 0 Å². The lowest BCUT2D eigenvalue weighted by Gasteiger charge is -2.26. The zero-order chi connectivity index (χ0) is 18.7. The van der Waals surface area contributed by atoms with Gasteiger partial charge in [-0.15, -0.1) is 0 Å². The van der Waals surface area contributed by atoms with Crippen molar-refractivity contribution in [3.8, 4) is 0 Å². The van der Waals surface area contributed by atoms with Gasteiger partial charge in [0.1, 0.15) is 0 Å². The zero-order valence-corrected chi connectivity index (χ0v) is 17.1. The van der Waals surface area contributed by atoms with Gasteiger partial charge in [0.15, 0.2) is 5.16 Å². The average Bonchev–Trinajstić information content (AvgIpc) is 2.90. The van der Waals surface area contributed by atoms with Crippen LogP contribution in [0.15, 0.2) is 23.4 Å². The topological polar surface area (TPSA) is 46.9 Å². The van der Waals surface area contributed by atoms with E-state index in [0.717, 1.165) is 22.1 Å². The SMILES string of the molecule is Cc1ccc(NC(=O)CSc2nc(C)c(C)n2C2CCCCC2)c(C)c1. The van der Waals surface area contributed by atoms with Crippen molar-refractivity contribution in [3.63, 3.8) is 0 Å². The van der Waals surface area contributed by atoms with Crippen molar-refractivity contribution in [2.45, 2.75) is 71.0 Å². The van der Waals surface area contributed by atoms with Crippen LogP contribution in [0.1, 0.15) is 60.7 Å². The molecule has 1 N–H and O–H groups in total. The number of thioether (sulfide) groups is 1. The summed E-state index contributed by atoms with van der Waals surface area (Å²) in [7, 11) is 0. The van der Waals surface area contributed by atoms with E-state index < -0.39 is 0 Å². The van der Waals surface area contributed by atoms with Crippen LogP contribution < -0.4 is 5.32 Å². The van der Waals surface area contributed by atoms with Crippen LogP contribution in [0.5, 0.6) is 0 Å². The fourth-order valence-electron chi connectivity index (χ4n) is 3.74. The molecule has 1 fully saturated rings. The van der Waals surface area contributed by atoms with Gasteiger partial charge in [0.05, 0.1) is 11.4 Å². The third-order valence-electron chi connectivity index (χ3n) is 5.28. The summed E-state index contributed by atoms with van der Waals surface area (Å²) in [6, 6.07) is 6.63. The first-order chi connectivity index (χ1) is 12.5. The number of hydrogen-bond donors (Lipinski definition) is 1. The number of aromatic nitrogens is 2. The van der Waals surface area contributed by atoms with Gasteiger partial charge >= 0.3 is 0 Å². The summed E-state index contributed by atoms with van der Waals surface area (Å²) in [5.74, 6) is 0.408. The molecule has 1 aromatic heterocycles. The number of amides is 1. The molecule has 140 valence electrons. The van der Waals surface area contributed by atoms with Crippen LogP contribution in [0, 0.1) is 27.7 Å². The van der Waals surface area contributed by atoms with E-state index in [1.165, 1.54) is 43.4 Å². The van der Waals surface area contributed by atoms with Crippen LogP contribution in [-0.2, 0) is 4.79 Å². The molecule has 0 unspecified atom stereocenters. The van der Waals surface area contributed by atoms with Crippen molar-refractivity contribution in [1.29, 1.82) is 0 Å². The molecule has 0 aliphatic heterocycles. The summed E-state index contributed by atoms with van der Waals surface area (Å²) in [6.45, 7) is 8.30. The van der Waals surface area contributed by atoms with E-state index in [1.54, 1.807) is 11.8 Å². The maximum Gasteiger partial charge on any atom is 0.234 e. The molecule has 1 heterocycles. The Kier molecular flexibility index (Phi) is 6.07. The lowest BCUT2D eigenvalue weighted by Crippen LogP contribution is -2.17. The highest BCUT2D eigenvalue weighted by Crippen LogP contribution is 2.34. The highest BCUT2D eigenvalue weighted by molar-refractivity contribution is 7.99. The summed E-state index contributed by atoms with van der Waals surface area (Å²) < 4.78 is 2.38. The molecular formula is C21H29N3OS. The molecule has 1 saturated carbocycles.